The molecule has 2 N–H and O–H groups in total. The molecule has 0 saturated carbocycles. The van der Waals surface area contributed by atoms with Gasteiger partial charge in [0.2, 0.25) is 5.91 Å². The molecule has 1 aliphatic heterocycles. The summed E-state index contributed by atoms with van der Waals surface area (Å²) in [7, 11) is 0. The van der Waals surface area contributed by atoms with Crippen LogP contribution in [-0.2, 0) is 9.53 Å². The molecule has 0 aromatic carbocycles. The van der Waals surface area contributed by atoms with Crippen molar-refractivity contribution in [2.45, 2.75) is 32.2 Å². The highest BCUT2D eigenvalue weighted by Gasteiger charge is 2.32. The zero-order valence-electron chi connectivity index (χ0n) is 9.08. The number of nitrogens with two attached hydrogens (primary N) is 1. The van der Waals surface area contributed by atoms with Gasteiger partial charge in [0.25, 0.3) is 0 Å². The Morgan fingerprint density at radius 2 is 2.07 bits per heavy atom. The number of nitrogens with zero attached hydrogens (tertiary/aromatic N) is 1. The first-order valence-electron chi connectivity index (χ1n) is 5.24. The predicted octanol–water partition coefficient (Wildman–Crippen LogP) is 0.363. The lowest BCUT2D eigenvalue weighted by Crippen LogP contribution is -2.55. The lowest BCUT2D eigenvalue weighted by molar-refractivity contribution is -0.140. The lowest BCUT2D eigenvalue weighted by atomic mass is 9.95. The van der Waals surface area contributed by atoms with Gasteiger partial charge in [-0.15, -0.1) is 0 Å². The van der Waals surface area contributed by atoms with Gasteiger partial charge in [-0.05, 0) is 13.3 Å². The molecule has 0 aliphatic carbocycles. The van der Waals surface area contributed by atoms with E-state index in [1.807, 2.05) is 13.8 Å². The van der Waals surface area contributed by atoms with E-state index in [1.54, 1.807) is 4.90 Å². The number of rotatable bonds is 3. The van der Waals surface area contributed by atoms with Gasteiger partial charge in [-0.2, -0.15) is 0 Å². The Balaban J connectivity index is 2.53. The van der Waals surface area contributed by atoms with E-state index in [0.29, 0.717) is 26.3 Å². The molecule has 4 nitrogen and oxygen atoms in total. The average molecular weight is 200 g/mol. The normalized spacial score (nSPS) is 21.8. The third-order valence-electron chi connectivity index (χ3n) is 2.56. The predicted molar refractivity (Wildman–Crippen MR) is 54.9 cm³/mol. The van der Waals surface area contributed by atoms with E-state index in [2.05, 4.69) is 0 Å². The molecule has 0 radical (unpaired) electrons. The van der Waals surface area contributed by atoms with E-state index < -0.39 is 5.54 Å². The molecule has 1 fully saturated rings. The van der Waals surface area contributed by atoms with Gasteiger partial charge in [-0.25, -0.2) is 0 Å². The minimum Gasteiger partial charge on any atom is -0.378 e. The molecular weight excluding hydrogens is 180 g/mol. The van der Waals surface area contributed by atoms with Crippen molar-refractivity contribution in [2.24, 2.45) is 5.73 Å². The van der Waals surface area contributed by atoms with E-state index >= 15 is 0 Å². The first kappa shape index (κ1) is 11.5. The summed E-state index contributed by atoms with van der Waals surface area (Å²) in [4.78, 5) is 13.8. The van der Waals surface area contributed by atoms with Crippen LogP contribution in [0.5, 0.6) is 0 Å². The number of carbonyl (C=O) groups excluding carboxylic acids is 1. The summed E-state index contributed by atoms with van der Waals surface area (Å²) >= 11 is 0. The third-order valence-corrected chi connectivity index (χ3v) is 2.56. The summed E-state index contributed by atoms with van der Waals surface area (Å²) in [5, 5.41) is 0. The summed E-state index contributed by atoms with van der Waals surface area (Å²) in [5.41, 5.74) is 5.27. The molecule has 4 heteroatoms. The van der Waals surface area contributed by atoms with Crippen LogP contribution in [0.15, 0.2) is 0 Å². The van der Waals surface area contributed by atoms with Crippen molar-refractivity contribution in [3.63, 3.8) is 0 Å². The Bertz CT molecular complexity index is 198. The lowest BCUT2D eigenvalue weighted by Gasteiger charge is -2.33. The minimum absolute atomic E-state index is 0.0580. The van der Waals surface area contributed by atoms with E-state index in [0.717, 1.165) is 12.8 Å². The van der Waals surface area contributed by atoms with Crippen LogP contribution in [0.1, 0.15) is 26.7 Å². The highest BCUT2D eigenvalue weighted by molar-refractivity contribution is 5.85. The topological polar surface area (TPSA) is 55.6 Å². The van der Waals surface area contributed by atoms with Crippen LogP contribution >= 0.6 is 0 Å². The third kappa shape index (κ3) is 2.69. The van der Waals surface area contributed by atoms with Crippen LogP contribution < -0.4 is 5.73 Å². The Kier molecular flexibility index (Phi) is 3.89. The monoisotopic (exact) mass is 200 g/mol. The molecule has 1 atom stereocenters. The van der Waals surface area contributed by atoms with Crippen molar-refractivity contribution in [1.29, 1.82) is 0 Å². The fourth-order valence-corrected chi connectivity index (χ4v) is 1.75. The summed E-state index contributed by atoms with van der Waals surface area (Å²) < 4.78 is 5.19. The molecule has 1 unspecified atom stereocenters. The number of amides is 1. The first-order valence-corrected chi connectivity index (χ1v) is 5.24. The maximum atomic E-state index is 12.0. The van der Waals surface area contributed by atoms with Crippen LogP contribution in [0.2, 0.25) is 0 Å². The zero-order chi connectivity index (χ0) is 10.6. The largest absolute Gasteiger partial charge is 0.378 e. The highest BCUT2D eigenvalue weighted by atomic mass is 16.5. The second-order valence-electron chi connectivity index (χ2n) is 4.07. The Morgan fingerprint density at radius 1 is 1.50 bits per heavy atom. The van der Waals surface area contributed by atoms with Crippen LogP contribution in [0.4, 0.5) is 0 Å². The molecule has 1 saturated heterocycles. The van der Waals surface area contributed by atoms with Crippen LogP contribution in [0.3, 0.4) is 0 Å². The van der Waals surface area contributed by atoms with Gasteiger partial charge in [0, 0.05) is 13.1 Å². The first-order chi connectivity index (χ1) is 6.58. The van der Waals surface area contributed by atoms with Crippen molar-refractivity contribution in [1.82, 2.24) is 4.90 Å². The van der Waals surface area contributed by atoms with E-state index in [4.69, 9.17) is 10.5 Å². The van der Waals surface area contributed by atoms with Gasteiger partial charge >= 0.3 is 0 Å². The Labute approximate surface area is 85.4 Å². The second-order valence-corrected chi connectivity index (χ2v) is 4.07. The van der Waals surface area contributed by atoms with Crippen LogP contribution in [-0.4, -0.2) is 42.6 Å². The van der Waals surface area contributed by atoms with E-state index in [-0.39, 0.29) is 5.91 Å². The molecule has 0 aromatic rings. The molecule has 14 heavy (non-hydrogen) atoms. The van der Waals surface area contributed by atoms with Gasteiger partial charge in [0.05, 0.1) is 18.8 Å². The minimum atomic E-state index is -0.702. The van der Waals surface area contributed by atoms with Gasteiger partial charge in [-0.1, -0.05) is 13.3 Å². The summed E-state index contributed by atoms with van der Waals surface area (Å²) in [5.74, 6) is 0.0580. The maximum absolute atomic E-state index is 12.0. The highest BCUT2D eigenvalue weighted by Crippen LogP contribution is 2.13. The van der Waals surface area contributed by atoms with Crippen molar-refractivity contribution >= 4 is 5.91 Å². The smallest absolute Gasteiger partial charge is 0.242 e. The van der Waals surface area contributed by atoms with Gasteiger partial charge in [0.1, 0.15) is 0 Å². The van der Waals surface area contributed by atoms with Crippen LogP contribution in [0, 0.1) is 0 Å². The Hall–Kier alpha value is -0.610. The van der Waals surface area contributed by atoms with Crippen molar-refractivity contribution in [3.05, 3.63) is 0 Å². The molecule has 0 spiro atoms. The maximum Gasteiger partial charge on any atom is 0.242 e. The molecule has 1 amide bonds. The summed E-state index contributed by atoms with van der Waals surface area (Å²) in [6, 6.07) is 0. The molecule has 82 valence electrons. The zero-order valence-corrected chi connectivity index (χ0v) is 9.08. The molecule has 1 aliphatic rings. The molecule has 0 aromatic heterocycles. The quantitative estimate of drug-likeness (QED) is 0.715. The number of hydrogen-bond acceptors (Lipinski definition) is 3. The van der Waals surface area contributed by atoms with Crippen molar-refractivity contribution in [2.75, 3.05) is 26.3 Å². The van der Waals surface area contributed by atoms with Crippen molar-refractivity contribution in [3.8, 4) is 0 Å². The fourth-order valence-electron chi connectivity index (χ4n) is 1.75. The number of morpholine rings is 1. The number of hydrogen-bond donors (Lipinski definition) is 1. The SMILES string of the molecule is CCCC(C)(N)C(=O)N1CCOCC1. The Morgan fingerprint density at radius 3 is 2.57 bits per heavy atom. The molecule has 0 bridgehead atoms. The summed E-state index contributed by atoms with van der Waals surface area (Å²) in [6.45, 7) is 6.47. The summed E-state index contributed by atoms with van der Waals surface area (Å²) in [6.07, 6.45) is 1.67. The number of ether oxygens (including phenoxy) is 1. The molecular formula is C10H20N2O2. The number of carbonyl (C=O) groups is 1. The average Bonchev–Trinajstić information content (AvgIpc) is 2.18. The van der Waals surface area contributed by atoms with Crippen LogP contribution in [0.25, 0.3) is 0 Å². The second kappa shape index (κ2) is 4.75. The molecule has 1 heterocycles. The van der Waals surface area contributed by atoms with Gasteiger partial charge < -0.3 is 15.4 Å². The van der Waals surface area contributed by atoms with E-state index in [1.165, 1.54) is 0 Å². The van der Waals surface area contributed by atoms with Gasteiger partial charge in [-0.3, -0.25) is 4.79 Å². The molecule has 1 rings (SSSR count). The van der Waals surface area contributed by atoms with Gasteiger partial charge in [0.15, 0.2) is 0 Å². The van der Waals surface area contributed by atoms with E-state index in [9.17, 15) is 4.79 Å². The standard InChI is InChI=1S/C10H20N2O2/c1-3-4-10(2,11)9(13)12-5-7-14-8-6-12/h3-8,11H2,1-2H3. The van der Waals surface area contributed by atoms with Crippen molar-refractivity contribution < 1.29 is 9.53 Å². The fraction of sp³-hybridized carbons (Fsp3) is 0.900.